The molecule has 1 aliphatic rings. The van der Waals surface area contributed by atoms with Gasteiger partial charge in [0.15, 0.2) is 0 Å². The molecule has 0 bridgehead atoms. The second kappa shape index (κ2) is 7.45. The Balaban J connectivity index is 1.74. The van der Waals surface area contributed by atoms with E-state index in [1.807, 2.05) is 30.3 Å². The molecule has 2 amide bonds. The molecule has 1 aliphatic heterocycles. The highest BCUT2D eigenvalue weighted by Gasteiger charge is 2.25. The standard InChI is InChI=1S/C17H16N4O3S/c1-21(10-13(22)11-5-3-2-4-6-11)16-18-8-7-12(19-16)9-14-15(23)20-17(24)25-14/h2-9,13,22H,10H2,1H3,(H,20,23,24)/b14-9-. The summed E-state index contributed by atoms with van der Waals surface area (Å²) in [6.45, 7) is 0.317. The first-order chi connectivity index (χ1) is 12.0. The van der Waals surface area contributed by atoms with E-state index in [1.54, 1.807) is 24.2 Å². The van der Waals surface area contributed by atoms with E-state index in [0.717, 1.165) is 17.3 Å². The number of thioether (sulfide) groups is 1. The summed E-state index contributed by atoms with van der Waals surface area (Å²) in [5.74, 6) is -0.0120. The summed E-state index contributed by atoms with van der Waals surface area (Å²) in [4.78, 5) is 33.4. The summed E-state index contributed by atoms with van der Waals surface area (Å²) in [5.41, 5.74) is 1.32. The van der Waals surface area contributed by atoms with E-state index in [9.17, 15) is 14.7 Å². The van der Waals surface area contributed by atoms with Gasteiger partial charge in [-0.05, 0) is 29.5 Å². The van der Waals surface area contributed by atoms with E-state index in [2.05, 4.69) is 15.3 Å². The minimum Gasteiger partial charge on any atom is -0.387 e. The van der Waals surface area contributed by atoms with Crippen molar-refractivity contribution >= 4 is 34.9 Å². The third kappa shape index (κ3) is 4.23. The van der Waals surface area contributed by atoms with Gasteiger partial charge in [-0.25, -0.2) is 9.97 Å². The van der Waals surface area contributed by atoms with Crippen LogP contribution in [-0.2, 0) is 4.79 Å². The summed E-state index contributed by atoms with van der Waals surface area (Å²) in [6, 6.07) is 11.0. The van der Waals surface area contributed by atoms with Crippen LogP contribution in [0.15, 0.2) is 47.5 Å². The van der Waals surface area contributed by atoms with Crippen molar-refractivity contribution in [3.8, 4) is 0 Å². The van der Waals surface area contributed by atoms with Crippen molar-refractivity contribution in [3.05, 3.63) is 58.8 Å². The van der Waals surface area contributed by atoms with Gasteiger partial charge in [-0.15, -0.1) is 0 Å². The minimum atomic E-state index is -0.675. The Kier molecular flexibility index (Phi) is 5.11. The molecule has 25 heavy (non-hydrogen) atoms. The zero-order valence-corrected chi connectivity index (χ0v) is 14.2. The Labute approximate surface area is 148 Å². The molecule has 8 heteroatoms. The van der Waals surface area contributed by atoms with Crippen LogP contribution in [0, 0.1) is 0 Å². The van der Waals surface area contributed by atoms with Crippen LogP contribution in [0.2, 0.25) is 0 Å². The van der Waals surface area contributed by atoms with Crippen LogP contribution in [0.1, 0.15) is 17.4 Å². The molecule has 0 saturated carbocycles. The highest BCUT2D eigenvalue weighted by atomic mass is 32.2. The van der Waals surface area contributed by atoms with Crippen LogP contribution in [0.5, 0.6) is 0 Å². The number of amides is 2. The number of aliphatic hydroxyl groups excluding tert-OH is 1. The lowest BCUT2D eigenvalue weighted by molar-refractivity contribution is -0.115. The molecule has 1 unspecified atom stereocenters. The highest BCUT2D eigenvalue weighted by Crippen LogP contribution is 2.25. The number of hydrogen-bond donors (Lipinski definition) is 2. The number of carbonyl (C=O) groups is 2. The molecule has 1 aromatic carbocycles. The van der Waals surface area contributed by atoms with E-state index >= 15 is 0 Å². The fourth-order valence-corrected chi connectivity index (χ4v) is 2.97. The molecule has 2 aromatic rings. The first kappa shape index (κ1) is 17.1. The van der Waals surface area contributed by atoms with Gasteiger partial charge in [0, 0.05) is 13.2 Å². The summed E-state index contributed by atoms with van der Waals surface area (Å²) in [6.07, 6.45) is 2.43. The zero-order valence-electron chi connectivity index (χ0n) is 13.4. The number of aliphatic hydroxyl groups is 1. The van der Waals surface area contributed by atoms with Gasteiger partial charge in [0.1, 0.15) is 0 Å². The van der Waals surface area contributed by atoms with Crippen LogP contribution < -0.4 is 10.2 Å². The number of benzene rings is 1. The Bertz CT molecular complexity index is 826. The number of carbonyl (C=O) groups excluding carboxylic acids is 2. The van der Waals surface area contributed by atoms with Gasteiger partial charge in [0.2, 0.25) is 5.95 Å². The third-order valence-electron chi connectivity index (χ3n) is 3.56. The summed E-state index contributed by atoms with van der Waals surface area (Å²) >= 11 is 0.838. The van der Waals surface area contributed by atoms with Crippen molar-refractivity contribution < 1.29 is 14.7 Å². The molecule has 1 aromatic heterocycles. The molecule has 0 spiro atoms. The predicted octanol–water partition coefficient (Wildman–Crippen LogP) is 1.97. The van der Waals surface area contributed by atoms with Crippen LogP contribution >= 0.6 is 11.8 Å². The molecule has 0 aliphatic carbocycles. The molecule has 3 rings (SSSR count). The molecular weight excluding hydrogens is 340 g/mol. The molecule has 7 nitrogen and oxygen atoms in total. The van der Waals surface area contributed by atoms with Gasteiger partial charge in [0.05, 0.1) is 23.2 Å². The largest absolute Gasteiger partial charge is 0.387 e. The summed E-state index contributed by atoms with van der Waals surface area (Å²) < 4.78 is 0. The van der Waals surface area contributed by atoms with Crippen LogP contribution in [0.25, 0.3) is 6.08 Å². The molecule has 128 valence electrons. The number of imide groups is 1. The molecule has 0 radical (unpaired) electrons. The van der Waals surface area contributed by atoms with Crippen LogP contribution in [-0.4, -0.2) is 39.8 Å². The first-order valence-corrected chi connectivity index (χ1v) is 8.36. The number of hydrogen-bond acceptors (Lipinski definition) is 7. The maximum atomic E-state index is 11.6. The molecule has 1 saturated heterocycles. The minimum absolute atomic E-state index is 0.293. The van der Waals surface area contributed by atoms with E-state index in [1.165, 1.54) is 6.08 Å². The van der Waals surface area contributed by atoms with E-state index in [-0.39, 0.29) is 0 Å². The Hall–Kier alpha value is -2.71. The lowest BCUT2D eigenvalue weighted by Crippen LogP contribution is -2.26. The molecule has 1 fully saturated rings. The number of likely N-dealkylation sites (N-methyl/N-ethyl adjacent to an activating group) is 1. The van der Waals surface area contributed by atoms with Crippen molar-refractivity contribution in [3.63, 3.8) is 0 Å². The van der Waals surface area contributed by atoms with E-state index < -0.39 is 17.3 Å². The van der Waals surface area contributed by atoms with Crippen molar-refractivity contribution in [1.82, 2.24) is 15.3 Å². The maximum absolute atomic E-state index is 11.6. The van der Waals surface area contributed by atoms with Crippen LogP contribution in [0.3, 0.4) is 0 Å². The van der Waals surface area contributed by atoms with Crippen molar-refractivity contribution in [2.75, 3.05) is 18.5 Å². The lowest BCUT2D eigenvalue weighted by atomic mass is 10.1. The second-order valence-corrected chi connectivity index (χ2v) is 6.46. The summed E-state index contributed by atoms with van der Waals surface area (Å²) in [7, 11) is 1.78. The predicted molar refractivity (Wildman–Crippen MR) is 95.8 cm³/mol. The monoisotopic (exact) mass is 356 g/mol. The topological polar surface area (TPSA) is 95.4 Å². The summed E-state index contributed by atoms with van der Waals surface area (Å²) in [5, 5.41) is 12.1. The van der Waals surface area contributed by atoms with Crippen molar-refractivity contribution in [2.24, 2.45) is 0 Å². The third-order valence-corrected chi connectivity index (χ3v) is 4.37. The smallest absolute Gasteiger partial charge is 0.290 e. The van der Waals surface area contributed by atoms with Crippen LogP contribution in [0.4, 0.5) is 10.7 Å². The Morgan fingerprint density at radius 3 is 2.72 bits per heavy atom. The molecule has 1 atom stereocenters. The number of rotatable bonds is 5. The Morgan fingerprint density at radius 2 is 2.04 bits per heavy atom. The Morgan fingerprint density at radius 1 is 1.28 bits per heavy atom. The van der Waals surface area contributed by atoms with Gasteiger partial charge < -0.3 is 10.0 Å². The van der Waals surface area contributed by atoms with Gasteiger partial charge >= 0.3 is 0 Å². The SMILES string of the molecule is CN(CC(O)c1ccccc1)c1nccc(/C=C2\SC(=O)NC2=O)n1. The first-order valence-electron chi connectivity index (χ1n) is 7.55. The van der Waals surface area contributed by atoms with Gasteiger partial charge in [-0.3, -0.25) is 14.9 Å². The van der Waals surface area contributed by atoms with E-state index in [4.69, 9.17) is 0 Å². The maximum Gasteiger partial charge on any atom is 0.290 e. The number of aromatic nitrogens is 2. The van der Waals surface area contributed by atoms with Crippen molar-refractivity contribution in [2.45, 2.75) is 6.10 Å². The molecule has 2 heterocycles. The fourth-order valence-electron chi connectivity index (χ4n) is 2.30. The molecular formula is C17H16N4O3S. The number of nitrogens with one attached hydrogen (secondary N) is 1. The second-order valence-electron chi connectivity index (χ2n) is 5.44. The average Bonchev–Trinajstić information content (AvgIpc) is 2.93. The fraction of sp³-hybridized carbons (Fsp3) is 0.176. The number of nitrogens with zero attached hydrogens (tertiary/aromatic N) is 3. The number of anilines is 1. The quantitative estimate of drug-likeness (QED) is 0.791. The van der Waals surface area contributed by atoms with Crippen molar-refractivity contribution in [1.29, 1.82) is 0 Å². The zero-order chi connectivity index (χ0) is 17.8. The van der Waals surface area contributed by atoms with E-state index in [0.29, 0.717) is 23.1 Å². The molecule has 2 N–H and O–H groups in total. The van der Waals surface area contributed by atoms with Gasteiger partial charge in [-0.2, -0.15) is 0 Å². The highest BCUT2D eigenvalue weighted by molar-refractivity contribution is 8.18. The lowest BCUT2D eigenvalue weighted by Gasteiger charge is -2.21. The normalized spacial score (nSPS) is 16.8. The van der Waals surface area contributed by atoms with Gasteiger partial charge in [-0.1, -0.05) is 30.3 Å². The average molecular weight is 356 g/mol. The van der Waals surface area contributed by atoms with Gasteiger partial charge in [0.25, 0.3) is 11.1 Å².